The summed E-state index contributed by atoms with van der Waals surface area (Å²) in [5.41, 5.74) is 4.63. The molecule has 0 aliphatic carbocycles. The van der Waals surface area contributed by atoms with E-state index in [4.69, 9.17) is 16.1 Å². The van der Waals surface area contributed by atoms with Crippen molar-refractivity contribution in [2.24, 2.45) is 0 Å². The summed E-state index contributed by atoms with van der Waals surface area (Å²) in [5, 5.41) is 7.52. The molecule has 0 radical (unpaired) electrons. The van der Waals surface area contributed by atoms with Gasteiger partial charge in [0.15, 0.2) is 11.5 Å². The molecule has 2 aromatic carbocycles. The monoisotopic (exact) mass is 394 g/mol. The summed E-state index contributed by atoms with van der Waals surface area (Å²) in [7, 11) is 0. The van der Waals surface area contributed by atoms with Crippen molar-refractivity contribution in [3.8, 4) is 11.3 Å². The van der Waals surface area contributed by atoms with Gasteiger partial charge in [-0.05, 0) is 48.6 Å². The van der Waals surface area contributed by atoms with Crippen LogP contribution in [0, 0.1) is 6.92 Å². The van der Waals surface area contributed by atoms with E-state index in [0.717, 1.165) is 17.5 Å². The number of benzene rings is 2. The van der Waals surface area contributed by atoms with E-state index in [2.05, 4.69) is 30.4 Å². The van der Waals surface area contributed by atoms with Crippen molar-refractivity contribution >= 4 is 23.1 Å². The third-order valence-corrected chi connectivity index (χ3v) is 4.71. The summed E-state index contributed by atoms with van der Waals surface area (Å²) >= 11 is 6.16. The van der Waals surface area contributed by atoms with Crippen LogP contribution < -0.4 is 5.32 Å². The predicted molar refractivity (Wildman–Crippen MR) is 113 cm³/mol. The molecule has 0 saturated carbocycles. The first kappa shape index (κ1) is 19.9. The molecule has 0 aliphatic heterocycles. The summed E-state index contributed by atoms with van der Waals surface area (Å²) in [4.78, 5) is 12.4. The Morgan fingerprint density at radius 1 is 1.18 bits per heavy atom. The maximum absolute atomic E-state index is 12.4. The van der Waals surface area contributed by atoms with E-state index >= 15 is 0 Å². The van der Waals surface area contributed by atoms with Gasteiger partial charge in [0.05, 0.1) is 0 Å². The minimum Gasteiger partial charge on any atom is -0.355 e. The largest absolute Gasteiger partial charge is 0.355 e. The van der Waals surface area contributed by atoms with Gasteiger partial charge in [0.25, 0.3) is 5.91 Å². The summed E-state index contributed by atoms with van der Waals surface area (Å²) < 4.78 is 5.30. The quantitative estimate of drug-likeness (QED) is 0.541. The highest BCUT2D eigenvalue weighted by Crippen LogP contribution is 2.26. The van der Waals surface area contributed by atoms with E-state index in [9.17, 15) is 4.79 Å². The van der Waals surface area contributed by atoms with Crippen molar-refractivity contribution in [1.82, 2.24) is 10.5 Å². The average Bonchev–Trinajstić information content (AvgIpc) is 3.20. The van der Waals surface area contributed by atoms with E-state index in [0.29, 0.717) is 23.7 Å². The third-order valence-electron chi connectivity index (χ3n) is 4.48. The lowest BCUT2D eigenvalue weighted by Gasteiger charge is -2.12. The molecular formula is C23H23ClN2O2. The van der Waals surface area contributed by atoms with Gasteiger partial charge in [-0.2, -0.15) is 0 Å². The highest BCUT2D eigenvalue weighted by Gasteiger charge is 2.14. The minimum absolute atomic E-state index is 0.246. The van der Waals surface area contributed by atoms with Gasteiger partial charge >= 0.3 is 0 Å². The zero-order valence-electron chi connectivity index (χ0n) is 16.0. The molecule has 1 aromatic heterocycles. The molecule has 0 bridgehead atoms. The normalized spacial score (nSPS) is 11.5. The smallest absolute Gasteiger partial charge is 0.273 e. The maximum Gasteiger partial charge on any atom is 0.273 e. The van der Waals surface area contributed by atoms with Gasteiger partial charge in [-0.15, -0.1) is 0 Å². The summed E-state index contributed by atoms with van der Waals surface area (Å²) in [5.74, 6) is 0.330. The number of carbonyl (C=O) groups excluding carboxylic acids is 1. The number of aryl methyl sites for hydroxylation is 1. The SMILES string of the molecule is CC/C=C(/CCNC(=O)c1cc(-c2ccccc2)on1)c1cc(Cl)ccc1C. The second kappa shape index (κ2) is 9.38. The molecule has 0 unspecified atom stereocenters. The predicted octanol–water partition coefficient (Wildman–Crippen LogP) is 5.92. The number of hydrogen-bond acceptors (Lipinski definition) is 3. The van der Waals surface area contributed by atoms with E-state index in [1.54, 1.807) is 6.07 Å². The first-order valence-electron chi connectivity index (χ1n) is 9.34. The molecule has 1 heterocycles. The van der Waals surface area contributed by atoms with Crippen LogP contribution in [0.15, 0.2) is 65.2 Å². The Kier molecular flexibility index (Phi) is 6.66. The van der Waals surface area contributed by atoms with Gasteiger partial charge in [0.1, 0.15) is 0 Å². The highest BCUT2D eigenvalue weighted by atomic mass is 35.5. The zero-order valence-corrected chi connectivity index (χ0v) is 16.8. The van der Waals surface area contributed by atoms with Gasteiger partial charge in [0, 0.05) is 23.2 Å². The lowest BCUT2D eigenvalue weighted by atomic mass is 9.97. The number of rotatable bonds is 7. The molecule has 144 valence electrons. The molecule has 3 rings (SSSR count). The molecule has 5 heteroatoms. The van der Waals surface area contributed by atoms with Crippen LogP contribution in [0.25, 0.3) is 16.9 Å². The second-order valence-electron chi connectivity index (χ2n) is 6.55. The fraction of sp³-hybridized carbons (Fsp3) is 0.217. The van der Waals surface area contributed by atoms with Gasteiger partial charge in [-0.25, -0.2) is 0 Å². The van der Waals surface area contributed by atoms with Gasteiger partial charge in [-0.1, -0.05) is 66.2 Å². The number of nitrogens with zero attached hydrogens (tertiary/aromatic N) is 1. The number of carbonyl (C=O) groups is 1. The third kappa shape index (κ3) is 4.90. The first-order valence-corrected chi connectivity index (χ1v) is 9.72. The van der Waals surface area contributed by atoms with Crippen LogP contribution in [-0.4, -0.2) is 17.6 Å². The van der Waals surface area contributed by atoms with Crippen molar-refractivity contribution in [1.29, 1.82) is 0 Å². The Morgan fingerprint density at radius 2 is 1.96 bits per heavy atom. The zero-order chi connectivity index (χ0) is 19.9. The number of aromatic nitrogens is 1. The Balaban J connectivity index is 1.63. The van der Waals surface area contributed by atoms with Crippen molar-refractivity contribution in [2.45, 2.75) is 26.7 Å². The van der Waals surface area contributed by atoms with E-state index in [1.807, 2.05) is 48.5 Å². The molecule has 28 heavy (non-hydrogen) atoms. The lowest BCUT2D eigenvalue weighted by molar-refractivity contribution is 0.0945. The Morgan fingerprint density at radius 3 is 2.71 bits per heavy atom. The number of halogens is 1. The summed E-state index contributed by atoms with van der Waals surface area (Å²) in [6, 6.07) is 17.1. The number of amides is 1. The molecule has 3 aromatic rings. The highest BCUT2D eigenvalue weighted by molar-refractivity contribution is 6.30. The molecule has 0 fully saturated rings. The number of allylic oxidation sites excluding steroid dienone is 1. The van der Waals surface area contributed by atoms with Crippen LogP contribution in [-0.2, 0) is 0 Å². The van der Waals surface area contributed by atoms with Crippen LogP contribution in [0.1, 0.15) is 41.4 Å². The molecular weight excluding hydrogens is 372 g/mol. The second-order valence-corrected chi connectivity index (χ2v) is 6.98. The molecule has 0 atom stereocenters. The molecule has 4 nitrogen and oxygen atoms in total. The van der Waals surface area contributed by atoms with Crippen LogP contribution in [0.4, 0.5) is 0 Å². The van der Waals surface area contributed by atoms with E-state index in [1.165, 1.54) is 11.1 Å². The van der Waals surface area contributed by atoms with Crippen molar-refractivity contribution in [3.63, 3.8) is 0 Å². The van der Waals surface area contributed by atoms with Crippen molar-refractivity contribution in [3.05, 3.63) is 82.5 Å². The topological polar surface area (TPSA) is 55.1 Å². The number of nitrogens with one attached hydrogen (secondary N) is 1. The Hall–Kier alpha value is -2.85. The fourth-order valence-corrected chi connectivity index (χ4v) is 3.23. The molecule has 1 N–H and O–H groups in total. The van der Waals surface area contributed by atoms with Gasteiger partial charge in [-0.3, -0.25) is 4.79 Å². The van der Waals surface area contributed by atoms with Gasteiger partial charge in [0.2, 0.25) is 0 Å². The first-order chi connectivity index (χ1) is 13.6. The van der Waals surface area contributed by atoms with Crippen LogP contribution >= 0.6 is 11.6 Å². The van der Waals surface area contributed by atoms with Gasteiger partial charge < -0.3 is 9.84 Å². The Bertz CT molecular complexity index is 977. The number of hydrogen-bond donors (Lipinski definition) is 1. The molecule has 1 amide bonds. The average molecular weight is 395 g/mol. The fourth-order valence-electron chi connectivity index (χ4n) is 3.06. The minimum atomic E-state index is -0.246. The van der Waals surface area contributed by atoms with Crippen LogP contribution in [0.3, 0.4) is 0 Å². The molecule has 0 saturated heterocycles. The summed E-state index contributed by atoms with van der Waals surface area (Å²) in [6.07, 6.45) is 3.80. The molecule has 0 spiro atoms. The van der Waals surface area contributed by atoms with Crippen LogP contribution in [0.2, 0.25) is 5.02 Å². The standard InChI is InChI=1S/C23H23ClN2O2/c1-3-7-17(20-14-19(24)11-10-16(20)2)12-13-25-23(27)21-15-22(28-26-21)18-8-5-4-6-9-18/h4-11,14-15H,3,12-13H2,1-2H3,(H,25,27)/b17-7-. The summed E-state index contributed by atoms with van der Waals surface area (Å²) in [6.45, 7) is 4.66. The Labute approximate surface area is 170 Å². The van der Waals surface area contributed by atoms with Crippen molar-refractivity contribution < 1.29 is 9.32 Å². The van der Waals surface area contributed by atoms with Crippen molar-refractivity contribution in [2.75, 3.05) is 6.54 Å². The van der Waals surface area contributed by atoms with E-state index in [-0.39, 0.29) is 11.6 Å². The lowest BCUT2D eigenvalue weighted by Crippen LogP contribution is -2.24. The molecule has 0 aliphatic rings. The van der Waals surface area contributed by atoms with E-state index < -0.39 is 0 Å². The van der Waals surface area contributed by atoms with Crippen LogP contribution in [0.5, 0.6) is 0 Å². The maximum atomic E-state index is 12.4.